The summed E-state index contributed by atoms with van der Waals surface area (Å²) in [7, 11) is 0. The number of hydrogen-bond donors (Lipinski definition) is 2. The van der Waals surface area contributed by atoms with Gasteiger partial charge in [-0.3, -0.25) is 19.7 Å². The van der Waals surface area contributed by atoms with Crippen molar-refractivity contribution in [1.82, 2.24) is 0 Å². The van der Waals surface area contributed by atoms with E-state index in [9.17, 15) is 29.6 Å². The summed E-state index contributed by atoms with van der Waals surface area (Å²) in [5.74, 6) is -3.49. The van der Waals surface area contributed by atoms with E-state index in [1.54, 1.807) is 0 Å². The number of carbonyl (C=O) groups excluding carboxylic acids is 2. The molecule has 1 aliphatic rings. The summed E-state index contributed by atoms with van der Waals surface area (Å²) in [6.45, 7) is 0. The van der Waals surface area contributed by atoms with Crippen LogP contribution in [-0.2, 0) is 0 Å². The van der Waals surface area contributed by atoms with Crippen LogP contribution in [-0.4, -0.2) is 32.9 Å². The summed E-state index contributed by atoms with van der Waals surface area (Å²) >= 11 is 0. The number of amides is 2. The Balaban J connectivity index is 2.00. The van der Waals surface area contributed by atoms with Crippen LogP contribution in [0.4, 0.5) is 11.4 Å². The molecule has 0 aliphatic carbocycles. The minimum absolute atomic E-state index is 0.0295. The molecule has 1 aliphatic heterocycles. The molecule has 2 amide bonds. The molecule has 0 saturated heterocycles. The van der Waals surface area contributed by atoms with Crippen LogP contribution in [0.15, 0.2) is 48.5 Å². The van der Waals surface area contributed by atoms with Gasteiger partial charge in [0.05, 0.1) is 27.1 Å². The second-order valence-corrected chi connectivity index (χ2v) is 6.08. The van der Waals surface area contributed by atoms with Crippen molar-refractivity contribution >= 4 is 39.9 Å². The summed E-state index contributed by atoms with van der Waals surface area (Å²) in [5.41, 5.74) is -0.725. The van der Waals surface area contributed by atoms with Crippen molar-refractivity contribution in [3.8, 4) is 5.75 Å². The molecule has 1 heterocycles. The van der Waals surface area contributed by atoms with Crippen molar-refractivity contribution in [3.05, 3.63) is 75.3 Å². The normalized spacial score (nSPS) is 13.1. The van der Waals surface area contributed by atoms with E-state index in [4.69, 9.17) is 5.11 Å². The van der Waals surface area contributed by atoms with E-state index in [0.29, 0.717) is 0 Å². The maximum absolute atomic E-state index is 13.0. The number of phenolic OH excluding ortho intramolecular Hbond substituents is 1. The Morgan fingerprint density at radius 3 is 2.36 bits per heavy atom. The van der Waals surface area contributed by atoms with Gasteiger partial charge >= 0.3 is 11.7 Å². The standard InChI is InChI=1S/C19H10N2O7/c22-14-8-13-15-11(16(14)21(27)28)5-2-6-12(15)17(23)20(18(13)24)10-4-1-3-9(7-10)19(25)26/h1-8,22H,(H,25,26). The largest absolute Gasteiger partial charge is 0.502 e. The Bertz CT molecular complexity index is 1230. The van der Waals surface area contributed by atoms with Crippen molar-refractivity contribution < 1.29 is 29.5 Å². The third-order valence-electron chi connectivity index (χ3n) is 4.51. The Morgan fingerprint density at radius 1 is 1.00 bits per heavy atom. The highest BCUT2D eigenvalue weighted by Crippen LogP contribution is 2.41. The van der Waals surface area contributed by atoms with Gasteiger partial charge in [-0.2, -0.15) is 0 Å². The van der Waals surface area contributed by atoms with Crippen LogP contribution in [0.3, 0.4) is 0 Å². The maximum atomic E-state index is 13.0. The number of aromatic carboxylic acids is 1. The Hall–Kier alpha value is -4.27. The van der Waals surface area contributed by atoms with Crippen molar-refractivity contribution in [3.63, 3.8) is 0 Å². The van der Waals surface area contributed by atoms with Gasteiger partial charge in [0.15, 0.2) is 5.75 Å². The van der Waals surface area contributed by atoms with Crippen molar-refractivity contribution in [2.75, 3.05) is 4.90 Å². The van der Waals surface area contributed by atoms with Gasteiger partial charge in [0.1, 0.15) is 0 Å². The number of benzene rings is 3. The molecule has 0 unspecified atom stereocenters. The maximum Gasteiger partial charge on any atom is 0.335 e. The summed E-state index contributed by atoms with van der Waals surface area (Å²) in [6.07, 6.45) is 0. The summed E-state index contributed by atoms with van der Waals surface area (Å²) in [6, 6.07) is 10.4. The fraction of sp³-hybridized carbons (Fsp3) is 0. The van der Waals surface area contributed by atoms with Crippen LogP contribution in [0.5, 0.6) is 5.75 Å². The first-order valence-corrected chi connectivity index (χ1v) is 7.96. The Morgan fingerprint density at radius 2 is 1.68 bits per heavy atom. The lowest BCUT2D eigenvalue weighted by atomic mass is 9.92. The molecule has 0 bridgehead atoms. The van der Waals surface area contributed by atoms with Crippen molar-refractivity contribution in [1.29, 1.82) is 0 Å². The van der Waals surface area contributed by atoms with Gasteiger partial charge < -0.3 is 10.2 Å². The summed E-state index contributed by atoms with van der Waals surface area (Å²) < 4.78 is 0. The number of anilines is 1. The van der Waals surface area contributed by atoms with Crippen LogP contribution in [0, 0.1) is 10.1 Å². The highest BCUT2D eigenvalue weighted by atomic mass is 16.6. The first-order valence-electron chi connectivity index (χ1n) is 7.96. The molecule has 0 radical (unpaired) electrons. The van der Waals surface area contributed by atoms with Gasteiger partial charge in [-0.05, 0) is 30.3 Å². The molecule has 9 heteroatoms. The van der Waals surface area contributed by atoms with Gasteiger partial charge in [-0.25, -0.2) is 9.69 Å². The number of nitro benzene ring substituents is 1. The fourth-order valence-electron chi connectivity index (χ4n) is 3.34. The molecule has 138 valence electrons. The molecule has 9 nitrogen and oxygen atoms in total. The number of nitro groups is 1. The SMILES string of the molecule is O=C(O)c1cccc(N2C(=O)c3cccc4c([N+](=O)[O-])c(O)cc(c34)C2=O)c1. The zero-order valence-corrected chi connectivity index (χ0v) is 13.9. The van der Waals surface area contributed by atoms with E-state index >= 15 is 0 Å². The van der Waals surface area contributed by atoms with E-state index in [1.807, 2.05) is 0 Å². The smallest absolute Gasteiger partial charge is 0.335 e. The predicted octanol–water partition coefficient (Wildman–Crippen LogP) is 2.95. The minimum atomic E-state index is -1.23. The molecule has 3 aromatic rings. The number of aromatic hydroxyl groups is 1. The number of carboxylic acids is 1. The lowest BCUT2D eigenvalue weighted by molar-refractivity contribution is -0.384. The highest BCUT2D eigenvalue weighted by molar-refractivity contribution is 6.36. The Kier molecular flexibility index (Phi) is 3.60. The van der Waals surface area contributed by atoms with Gasteiger partial charge in [-0.1, -0.05) is 12.1 Å². The third-order valence-corrected chi connectivity index (χ3v) is 4.51. The minimum Gasteiger partial charge on any atom is -0.502 e. The molecule has 0 atom stereocenters. The second kappa shape index (κ2) is 5.88. The zero-order valence-electron chi connectivity index (χ0n) is 13.9. The van der Waals surface area contributed by atoms with E-state index in [2.05, 4.69) is 0 Å². The zero-order chi connectivity index (χ0) is 20.2. The van der Waals surface area contributed by atoms with Crippen LogP contribution < -0.4 is 4.90 Å². The van der Waals surface area contributed by atoms with Crippen LogP contribution in [0.2, 0.25) is 0 Å². The monoisotopic (exact) mass is 378 g/mol. The van der Waals surface area contributed by atoms with Crippen LogP contribution in [0.25, 0.3) is 10.8 Å². The molecule has 0 aromatic heterocycles. The number of carboxylic acid groups (broad SMARTS) is 1. The number of phenols is 1. The van der Waals surface area contributed by atoms with Crippen LogP contribution >= 0.6 is 0 Å². The molecule has 2 N–H and O–H groups in total. The number of nitrogens with zero attached hydrogens (tertiary/aromatic N) is 2. The molecular formula is C19H10N2O7. The Labute approximate surface area is 156 Å². The van der Waals surface area contributed by atoms with E-state index in [-0.39, 0.29) is 33.2 Å². The lowest BCUT2D eigenvalue weighted by Crippen LogP contribution is -2.40. The number of carbonyl (C=O) groups is 3. The van der Waals surface area contributed by atoms with Crippen molar-refractivity contribution in [2.45, 2.75) is 0 Å². The number of imide groups is 1. The van der Waals surface area contributed by atoms with Gasteiger partial charge in [0.2, 0.25) is 0 Å². The van der Waals surface area contributed by atoms with Crippen molar-refractivity contribution in [2.24, 2.45) is 0 Å². The quantitative estimate of drug-likeness (QED) is 0.406. The van der Waals surface area contributed by atoms with E-state index in [1.165, 1.54) is 42.5 Å². The molecule has 0 spiro atoms. The van der Waals surface area contributed by atoms with E-state index in [0.717, 1.165) is 11.0 Å². The van der Waals surface area contributed by atoms with Gasteiger partial charge in [0.25, 0.3) is 11.8 Å². The second-order valence-electron chi connectivity index (χ2n) is 6.08. The molecule has 3 aromatic carbocycles. The van der Waals surface area contributed by atoms with E-state index < -0.39 is 34.1 Å². The van der Waals surface area contributed by atoms with Crippen LogP contribution in [0.1, 0.15) is 31.1 Å². The fourth-order valence-corrected chi connectivity index (χ4v) is 3.34. The third kappa shape index (κ3) is 2.30. The first kappa shape index (κ1) is 17.2. The molecule has 28 heavy (non-hydrogen) atoms. The molecule has 0 fully saturated rings. The van der Waals surface area contributed by atoms with Gasteiger partial charge in [0, 0.05) is 17.0 Å². The average molecular weight is 378 g/mol. The summed E-state index contributed by atoms with van der Waals surface area (Å²) in [4.78, 5) is 48.5. The van der Waals surface area contributed by atoms with Gasteiger partial charge in [-0.15, -0.1) is 0 Å². The number of rotatable bonds is 3. The first-order chi connectivity index (χ1) is 13.3. The molecule has 4 rings (SSSR count). The predicted molar refractivity (Wildman–Crippen MR) is 96.8 cm³/mol. The lowest BCUT2D eigenvalue weighted by Gasteiger charge is -2.27. The summed E-state index contributed by atoms with van der Waals surface area (Å²) in [5, 5.41) is 30.6. The number of hydrogen-bond acceptors (Lipinski definition) is 6. The average Bonchev–Trinajstić information content (AvgIpc) is 2.65. The highest BCUT2D eigenvalue weighted by Gasteiger charge is 2.37. The molecular weight excluding hydrogens is 368 g/mol. The molecule has 0 saturated carbocycles. The topological polar surface area (TPSA) is 138 Å².